The zero-order valence-electron chi connectivity index (χ0n) is 17.1. The normalized spacial score (nSPS) is 15.1. The fourth-order valence-corrected chi connectivity index (χ4v) is 3.76. The van der Waals surface area contributed by atoms with Crippen LogP contribution in [0.1, 0.15) is 58.1 Å². The summed E-state index contributed by atoms with van der Waals surface area (Å²) in [4.78, 5) is 2.16. The largest absolute Gasteiger partial charge is 0.299 e. The van der Waals surface area contributed by atoms with Crippen LogP contribution in [0.15, 0.2) is 24.3 Å². The molecule has 1 aromatic heterocycles. The van der Waals surface area contributed by atoms with E-state index in [-0.39, 0.29) is 17.5 Å². The summed E-state index contributed by atoms with van der Waals surface area (Å²) in [6, 6.07) is 5.59. The standard InChI is InChI=1S/C20H29Cl2N5/c1-13(2)18(26(6)7)19-23-24-25-27(19)17(20(3,4)5)11-9-14-8-10-15(21)12-16(14)22/h8-13,17-18H,1-7H3/b11-9+/t17-,18-/m0/s1. The fourth-order valence-electron chi connectivity index (χ4n) is 3.29. The summed E-state index contributed by atoms with van der Waals surface area (Å²) in [5.74, 6) is 1.24. The van der Waals surface area contributed by atoms with E-state index in [0.29, 0.717) is 16.0 Å². The Morgan fingerprint density at radius 1 is 1.15 bits per heavy atom. The Labute approximate surface area is 172 Å². The number of nitrogens with zero attached hydrogens (tertiary/aromatic N) is 5. The first-order valence-electron chi connectivity index (χ1n) is 9.09. The number of tetrazole rings is 1. The van der Waals surface area contributed by atoms with Crippen molar-refractivity contribution in [3.05, 3.63) is 45.7 Å². The van der Waals surface area contributed by atoms with Crippen LogP contribution >= 0.6 is 23.2 Å². The monoisotopic (exact) mass is 409 g/mol. The Morgan fingerprint density at radius 2 is 1.81 bits per heavy atom. The summed E-state index contributed by atoms with van der Waals surface area (Å²) < 4.78 is 1.94. The topological polar surface area (TPSA) is 46.8 Å². The van der Waals surface area contributed by atoms with Crippen LogP contribution in [0.25, 0.3) is 6.08 Å². The molecule has 0 N–H and O–H groups in total. The van der Waals surface area contributed by atoms with E-state index in [0.717, 1.165) is 11.4 Å². The molecule has 0 saturated carbocycles. The van der Waals surface area contributed by atoms with Crippen molar-refractivity contribution in [2.75, 3.05) is 14.1 Å². The zero-order chi connectivity index (χ0) is 20.4. The van der Waals surface area contributed by atoms with Crippen LogP contribution in [0.2, 0.25) is 10.0 Å². The third kappa shape index (κ3) is 5.31. The van der Waals surface area contributed by atoms with Gasteiger partial charge in [-0.25, -0.2) is 4.68 Å². The number of hydrogen-bond donors (Lipinski definition) is 0. The van der Waals surface area contributed by atoms with Gasteiger partial charge < -0.3 is 0 Å². The molecule has 148 valence electrons. The number of rotatable bonds is 6. The summed E-state index contributed by atoms with van der Waals surface area (Å²) in [7, 11) is 4.11. The van der Waals surface area contributed by atoms with Gasteiger partial charge in [0, 0.05) is 10.0 Å². The molecule has 0 radical (unpaired) electrons. The highest BCUT2D eigenvalue weighted by Crippen LogP contribution is 2.35. The second-order valence-electron chi connectivity index (χ2n) is 8.47. The Bertz CT molecular complexity index is 782. The number of benzene rings is 1. The van der Waals surface area contributed by atoms with Gasteiger partial charge in [-0.3, -0.25) is 4.90 Å². The molecule has 5 nitrogen and oxygen atoms in total. The van der Waals surface area contributed by atoms with Gasteiger partial charge in [0.25, 0.3) is 0 Å². The van der Waals surface area contributed by atoms with E-state index in [2.05, 4.69) is 75.2 Å². The Balaban J connectivity index is 2.47. The van der Waals surface area contributed by atoms with Crippen molar-refractivity contribution < 1.29 is 0 Å². The minimum atomic E-state index is -0.0899. The lowest BCUT2D eigenvalue weighted by atomic mass is 9.86. The molecular weight excluding hydrogens is 381 g/mol. The van der Waals surface area contributed by atoms with Gasteiger partial charge in [0.15, 0.2) is 5.82 Å². The van der Waals surface area contributed by atoms with Gasteiger partial charge in [-0.1, -0.05) is 76.0 Å². The Kier molecular flexibility index (Phi) is 7.06. The van der Waals surface area contributed by atoms with Crippen LogP contribution < -0.4 is 0 Å². The van der Waals surface area contributed by atoms with E-state index < -0.39 is 0 Å². The number of halogens is 2. The van der Waals surface area contributed by atoms with Gasteiger partial charge in [-0.2, -0.15) is 0 Å². The molecule has 0 aliphatic carbocycles. The predicted octanol–water partition coefficient (Wildman–Crippen LogP) is 5.54. The van der Waals surface area contributed by atoms with Crippen molar-refractivity contribution in [2.24, 2.45) is 11.3 Å². The van der Waals surface area contributed by atoms with Gasteiger partial charge in [-0.05, 0) is 53.6 Å². The van der Waals surface area contributed by atoms with Crippen molar-refractivity contribution >= 4 is 29.3 Å². The predicted molar refractivity (Wildman–Crippen MR) is 113 cm³/mol. The molecule has 0 bridgehead atoms. The average Bonchev–Trinajstić information content (AvgIpc) is 2.96. The van der Waals surface area contributed by atoms with Crippen molar-refractivity contribution in [2.45, 2.75) is 46.7 Å². The van der Waals surface area contributed by atoms with Gasteiger partial charge in [0.1, 0.15) is 0 Å². The van der Waals surface area contributed by atoms with Crippen LogP contribution in [0, 0.1) is 11.3 Å². The SMILES string of the molecule is CC(C)[C@@H](c1nnnn1[C@@H](/C=C/c1ccc(Cl)cc1Cl)C(C)(C)C)N(C)C. The first-order valence-corrected chi connectivity index (χ1v) is 9.85. The lowest BCUT2D eigenvalue weighted by Crippen LogP contribution is -2.32. The first kappa shape index (κ1) is 21.9. The summed E-state index contributed by atoms with van der Waals surface area (Å²) in [6.45, 7) is 10.9. The van der Waals surface area contributed by atoms with E-state index >= 15 is 0 Å². The van der Waals surface area contributed by atoms with Crippen LogP contribution in [0.4, 0.5) is 0 Å². The molecule has 2 aromatic rings. The van der Waals surface area contributed by atoms with Crippen LogP contribution in [0.3, 0.4) is 0 Å². The minimum absolute atomic E-state index is 0.0320. The molecule has 27 heavy (non-hydrogen) atoms. The second kappa shape index (κ2) is 8.72. The summed E-state index contributed by atoms with van der Waals surface area (Å²) >= 11 is 12.3. The fraction of sp³-hybridized carbons (Fsp3) is 0.550. The van der Waals surface area contributed by atoms with E-state index in [9.17, 15) is 0 Å². The van der Waals surface area contributed by atoms with Gasteiger partial charge in [-0.15, -0.1) is 5.10 Å². The van der Waals surface area contributed by atoms with Crippen molar-refractivity contribution in [3.63, 3.8) is 0 Å². The van der Waals surface area contributed by atoms with Crippen molar-refractivity contribution in [1.29, 1.82) is 0 Å². The quantitative estimate of drug-likeness (QED) is 0.627. The number of allylic oxidation sites excluding steroid dienone is 1. The Morgan fingerprint density at radius 3 is 2.33 bits per heavy atom. The minimum Gasteiger partial charge on any atom is -0.299 e. The van der Waals surface area contributed by atoms with E-state index in [1.807, 2.05) is 22.9 Å². The number of aromatic nitrogens is 4. The molecule has 1 aromatic carbocycles. The van der Waals surface area contributed by atoms with Crippen LogP contribution in [-0.4, -0.2) is 39.2 Å². The molecule has 0 unspecified atom stereocenters. The number of hydrogen-bond acceptors (Lipinski definition) is 4. The lowest BCUT2D eigenvalue weighted by molar-refractivity contribution is 0.196. The van der Waals surface area contributed by atoms with E-state index in [1.165, 1.54) is 0 Å². The maximum atomic E-state index is 6.33. The maximum absolute atomic E-state index is 6.33. The first-order chi connectivity index (χ1) is 12.5. The highest BCUT2D eigenvalue weighted by Gasteiger charge is 2.32. The summed E-state index contributed by atoms with van der Waals surface area (Å²) in [5.41, 5.74) is 0.825. The molecule has 0 amide bonds. The molecule has 0 spiro atoms. The van der Waals surface area contributed by atoms with Crippen LogP contribution in [-0.2, 0) is 0 Å². The van der Waals surface area contributed by atoms with Gasteiger partial charge in [0.2, 0.25) is 0 Å². The van der Waals surface area contributed by atoms with E-state index in [1.54, 1.807) is 6.07 Å². The second-order valence-corrected chi connectivity index (χ2v) is 9.31. The Hall–Kier alpha value is -1.43. The van der Waals surface area contributed by atoms with Crippen molar-refractivity contribution in [1.82, 2.24) is 25.1 Å². The third-order valence-electron chi connectivity index (χ3n) is 4.54. The highest BCUT2D eigenvalue weighted by atomic mass is 35.5. The third-order valence-corrected chi connectivity index (χ3v) is 5.10. The smallest absolute Gasteiger partial charge is 0.169 e. The molecule has 0 saturated heterocycles. The zero-order valence-corrected chi connectivity index (χ0v) is 18.6. The lowest BCUT2D eigenvalue weighted by Gasteiger charge is -2.32. The van der Waals surface area contributed by atoms with E-state index in [4.69, 9.17) is 23.2 Å². The highest BCUT2D eigenvalue weighted by molar-refractivity contribution is 6.35. The summed E-state index contributed by atoms with van der Waals surface area (Å²) in [6.07, 6.45) is 4.13. The van der Waals surface area contributed by atoms with Crippen LogP contribution in [0.5, 0.6) is 0 Å². The molecule has 0 aliphatic heterocycles. The molecule has 2 atom stereocenters. The van der Waals surface area contributed by atoms with Gasteiger partial charge >= 0.3 is 0 Å². The molecule has 0 fully saturated rings. The molecule has 7 heteroatoms. The summed E-state index contributed by atoms with van der Waals surface area (Å²) in [5, 5.41) is 13.9. The average molecular weight is 410 g/mol. The molecular formula is C20H29Cl2N5. The van der Waals surface area contributed by atoms with Crippen molar-refractivity contribution in [3.8, 4) is 0 Å². The molecule has 1 heterocycles. The van der Waals surface area contributed by atoms with Gasteiger partial charge in [0.05, 0.1) is 12.1 Å². The molecule has 0 aliphatic rings. The molecule has 2 rings (SSSR count). The maximum Gasteiger partial charge on any atom is 0.169 e.